The molecular weight excluding hydrogens is 400 g/mol. The monoisotopic (exact) mass is 426 g/mol. The van der Waals surface area contributed by atoms with Crippen LogP contribution in [0.15, 0.2) is 67.0 Å². The zero-order valence-electron chi connectivity index (χ0n) is 18.3. The van der Waals surface area contributed by atoms with Crippen LogP contribution in [0.4, 0.5) is 17.3 Å². The third-order valence-electron chi connectivity index (χ3n) is 5.79. The lowest BCUT2D eigenvalue weighted by Crippen LogP contribution is -2.49. The van der Waals surface area contributed by atoms with Gasteiger partial charge in [0.25, 0.3) is 5.91 Å². The van der Waals surface area contributed by atoms with Gasteiger partial charge in [-0.2, -0.15) is 0 Å². The molecule has 1 aromatic carbocycles. The fourth-order valence-corrected chi connectivity index (χ4v) is 4.06. The Morgan fingerprint density at radius 3 is 2.47 bits per heavy atom. The molecule has 5 rings (SSSR count). The second kappa shape index (κ2) is 8.34. The molecule has 162 valence electrons. The van der Waals surface area contributed by atoms with Gasteiger partial charge in [0.2, 0.25) is 0 Å². The number of rotatable bonds is 4. The maximum absolute atomic E-state index is 13.0. The lowest BCUT2D eigenvalue weighted by Gasteiger charge is -2.35. The number of carbonyl (C=O) groups is 1. The molecule has 7 nitrogen and oxygen atoms in total. The molecule has 4 aromatic rings. The number of anilines is 3. The molecular formula is C25H26N6O. The van der Waals surface area contributed by atoms with E-state index in [2.05, 4.69) is 39.2 Å². The number of carbonyl (C=O) groups excluding carboxylic acids is 1. The Bertz CT molecular complexity index is 1220. The molecule has 1 aliphatic rings. The quantitative estimate of drug-likeness (QED) is 0.533. The van der Waals surface area contributed by atoms with Crippen LogP contribution in [0, 0.1) is 13.8 Å². The highest BCUT2D eigenvalue weighted by Gasteiger charge is 2.24. The molecule has 1 aliphatic heterocycles. The first kappa shape index (κ1) is 20.1. The summed E-state index contributed by atoms with van der Waals surface area (Å²) < 4.78 is 1.98. The summed E-state index contributed by atoms with van der Waals surface area (Å²) in [4.78, 5) is 26.3. The number of aromatic nitrogens is 3. The number of nitrogens with one attached hydrogen (secondary N) is 1. The van der Waals surface area contributed by atoms with Crippen LogP contribution in [0.1, 0.15) is 21.7 Å². The first-order valence-electron chi connectivity index (χ1n) is 10.9. The van der Waals surface area contributed by atoms with Gasteiger partial charge in [0.15, 0.2) is 0 Å². The van der Waals surface area contributed by atoms with Gasteiger partial charge in [-0.1, -0.05) is 23.8 Å². The van der Waals surface area contributed by atoms with Crippen molar-refractivity contribution in [3.63, 3.8) is 0 Å². The molecule has 1 amide bonds. The van der Waals surface area contributed by atoms with E-state index >= 15 is 0 Å². The lowest BCUT2D eigenvalue weighted by molar-refractivity contribution is 0.0746. The van der Waals surface area contributed by atoms with Crippen molar-refractivity contribution in [3.8, 4) is 0 Å². The number of amides is 1. The number of nitrogens with zero attached hydrogens (tertiary/aromatic N) is 5. The molecule has 0 bridgehead atoms. The predicted octanol–water partition coefficient (Wildman–Crippen LogP) is 4.05. The van der Waals surface area contributed by atoms with E-state index in [1.807, 2.05) is 71.1 Å². The molecule has 4 heterocycles. The summed E-state index contributed by atoms with van der Waals surface area (Å²) in [7, 11) is 0. The Morgan fingerprint density at radius 2 is 1.72 bits per heavy atom. The fourth-order valence-electron chi connectivity index (χ4n) is 4.06. The Hall–Kier alpha value is -3.87. The zero-order chi connectivity index (χ0) is 22.1. The molecule has 0 radical (unpaired) electrons. The van der Waals surface area contributed by atoms with E-state index < -0.39 is 0 Å². The number of benzene rings is 1. The van der Waals surface area contributed by atoms with E-state index in [9.17, 15) is 4.79 Å². The van der Waals surface area contributed by atoms with Crippen molar-refractivity contribution in [1.82, 2.24) is 19.3 Å². The first-order valence-corrected chi connectivity index (χ1v) is 10.9. The van der Waals surface area contributed by atoms with E-state index in [1.54, 1.807) is 0 Å². The van der Waals surface area contributed by atoms with Crippen molar-refractivity contribution in [3.05, 3.63) is 83.9 Å². The van der Waals surface area contributed by atoms with Crippen molar-refractivity contribution in [2.75, 3.05) is 36.4 Å². The lowest BCUT2D eigenvalue weighted by atomic mass is 10.2. The summed E-state index contributed by atoms with van der Waals surface area (Å²) in [5.74, 6) is 2.45. The van der Waals surface area contributed by atoms with Crippen molar-refractivity contribution in [2.45, 2.75) is 13.8 Å². The number of hydrogen-bond donors (Lipinski definition) is 1. The van der Waals surface area contributed by atoms with Crippen molar-refractivity contribution in [2.24, 2.45) is 0 Å². The number of aryl methyl sites for hydroxylation is 2. The van der Waals surface area contributed by atoms with Crippen LogP contribution in [0.25, 0.3) is 5.52 Å². The number of fused-ring (bicyclic) bond motifs is 1. The molecule has 0 saturated carbocycles. The minimum atomic E-state index is 0.0777. The summed E-state index contributed by atoms with van der Waals surface area (Å²) >= 11 is 0. The summed E-state index contributed by atoms with van der Waals surface area (Å²) in [6.07, 6.45) is 3.87. The molecule has 0 spiro atoms. The van der Waals surface area contributed by atoms with E-state index in [4.69, 9.17) is 0 Å². The van der Waals surface area contributed by atoms with Gasteiger partial charge in [-0.3, -0.25) is 4.79 Å². The van der Waals surface area contributed by atoms with Crippen LogP contribution in [-0.4, -0.2) is 51.4 Å². The van der Waals surface area contributed by atoms with Crippen molar-refractivity contribution in [1.29, 1.82) is 0 Å². The summed E-state index contributed by atoms with van der Waals surface area (Å²) in [5, 5.41) is 3.37. The summed E-state index contributed by atoms with van der Waals surface area (Å²) in [6.45, 7) is 6.77. The van der Waals surface area contributed by atoms with E-state index in [0.717, 1.165) is 47.3 Å². The predicted molar refractivity (Wildman–Crippen MR) is 127 cm³/mol. The molecule has 1 N–H and O–H groups in total. The minimum Gasteiger partial charge on any atom is -0.353 e. The summed E-state index contributed by atoms with van der Waals surface area (Å²) in [5.41, 5.74) is 3.97. The van der Waals surface area contributed by atoms with Gasteiger partial charge in [0, 0.05) is 55.8 Å². The molecule has 3 aromatic heterocycles. The zero-order valence-corrected chi connectivity index (χ0v) is 18.3. The Labute approximate surface area is 187 Å². The molecule has 0 unspecified atom stereocenters. The number of piperazine rings is 1. The Kier molecular flexibility index (Phi) is 5.23. The van der Waals surface area contributed by atoms with Gasteiger partial charge in [0.1, 0.15) is 17.5 Å². The highest BCUT2D eigenvalue weighted by molar-refractivity contribution is 5.95. The van der Waals surface area contributed by atoms with Crippen LogP contribution in [0.3, 0.4) is 0 Å². The third kappa shape index (κ3) is 4.14. The van der Waals surface area contributed by atoms with Crippen LogP contribution in [0.5, 0.6) is 0 Å². The fraction of sp³-hybridized carbons (Fsp3) is 0.240. The SMILES string of the molecule is Cc1ccc(Nc2cc(N3CCN(C(=O)c4cc5ccccn5c4)CC3)nc(C)n2)cc1. The van der Waals surface area contributed by atoms with Gasteiger partial charge in [0.05, 0.1) is 5.56 Å². The highest BCUT2D eigenvalue weighted by atomic mass is 16.2. The Morgan fingerprint density at radius 1 is 0.938 bits per heavy atom. The van der Waals surface area contributed by atoms with Crippen LogP contribution in [0.2, 0.25) is 0 Å². The maximum atomic E-state index is 13.0. The first-order chi connectivity index (χ1) is 15.5. The molecule has 32 heavy (non-hydrogen) atoms. The van der Waals surface area contributed by atoms with E-state index in [-0.39, 0.29) is 5.91 Å². The van der Waals surface area contributed by atoms with Gasteiger partial charge in [-0.05, 0) is 44.2 Å². The maximum Gasteiger partial charge on any atom is 0.255 e. The minimum absolute atomic E-state index is 0.0777. The number of hydrogen-bond acceptors (Lipinski definition) is 5. The van der Waals surface area contributed by atoms with Gasteiger partial charge in [-0.25, -0.2) is 9.97 Å². The summed E-state index contributed by atoms with van der Waals surface area (Å²) in [6, 6.07) is 18.1. The van der Waals surface area contributed by atoms with Crippen LogP contribution < -0.4 is 10.2 Å². The second-order valence-electron chi connectivity index (χ2n) is 8.19. The standard InChI is InChI=1S/C25H26N6O/c1-18-6-8-21(9-7-18)28-23-16-24(27-19(2)26-23)29-11-13-30(14-12-29)25(32)20-15-22-5-3-4-10-31(22)17-20/h3-10,15-17H,11-14H2,1-2H3,(H,26,27,28). The van der Waals surface area contributed by atoms with Crippen LogP contribution >= 0.6 is 0 Å². The van der Waals surface area contributed by atoms with Gasteiger partial charge >= 0.3 is 0 Å². The third-order valence-corrected chi connectivity index (χ3v) is 5.79. The molecule has 0 atom stereocenters. The van der Waals surface area contributed by atoms with E-state index in [0.29, 0.717) is 13.1 Å². The molecule has 1 fully saturated rings. The van der Waals surface area contributed by atoms with Gasteiger partial charge in [-0.15, -0.1) is 0 Å². The van der Waals surface area contributed by atoms with E-state index in [1.165, 1.54) is 5.56 Å². The highest BCUT2D eigenvalue weighted by Crippen LogP contribution is 2.22. The smallest absolute Gasteiger partial charge is 0.255 e. The van der Waals surface area contributed by atoms with Crippen molar-refractivity contribution < 1.29 is 4.79 Å². The average Bonchev–Trinajstić information content (AvgIpc) is 3.24. The average molecular weight is 427 g/mol. The van der Waals surface area contributed by atoms with Crippen LogP contribution in [-0.2, 0) is 0 Å². The Balaban J connectivity index is 1.27. The molecule has 7 heteroatoms. The largest absolute Gasteiger partial charge is 0.353 e. The second-order valence-corrected chi connectivity index (χ2v) is 8.19. The number of pyridine rings is 1. The van der Waals surface area contributed by atoms with Crippen molar-refractivity contribution >= 4 is 28.7 Å². The van der Waals surface area contributed by atoms with Gasteiger partial charge < -0.3 is 19.5 Å². The topological polar surface area (TPSA) is 65.8 Å². The normalized spacial score (nSPS) is 14.1. The molecule has 0 aliphatic carbocycles. The molecule has 1 saturated heterocycles.